The predicted molar refractivity (Wildman–Crippen MR) is 106 cm³/mol. The number of H-pyrrole nitrogens is 1. The number of hydrogen-bond donors (Lipinski definition) is 3. The van der Waals surface area contributed by atoms with E-state index >= 15 is 0 Å². The summed E-state index contributed by atoms with van der Waals surface area (Å²) in [5.41, 5.74) is 0.807. The smallest absolute Gasteiger partial charge is 0.268 e. The Morgan fingerprint density at radius 3 is 2.86 bits per heavy atom. The number of aromatic amines is 1. The number of aryl methyl sites for hydroxylation is 1. The fourth-order valence-electron chi connectivity index (χ4n) is 3.57. The number of carbonyl (C=O) groups excluding carboxylic acids is 2. The van der Waals surface area contributed by atoms with E-state index in [1.807, 2.05) is 0 Å². The van der Waals surface area contributed by atoms with Crippen LogP contribution in [0.1, 0.15) is 29.8 Å². The van der Waals surface area contributed by atoms with Crippen LogP contribution in [0, 0.1) is 0 Å². The number of amides is 2. The van der Waals surface area contributed by atoms with E-state index in [1.165, 1.54) is 18.9 Å². The Morgan fingerprint density at radius 1 is 1.28 bits per heavy atom. The SMILES string of the molecule is Cn1cc(Nc2nc3c(c(=O)[nH]2)=CCC(=O)N=3)cc1C(=O)NCCN1CCCC1. The molecule has 0 atom stereocenters. The van der Waals surface area contributed by atoms with Gasteiger partial charge in [-0.05, 0) is 32.0 Å². The number of anilines is 2. The molecule has 1 fully saturated rings. The Balaban J connectivity index is 1.46. The van der Waals surface area contributed by atoms with Crippen molar-refractivity contribution in [3.63, 3.8) is 0 Å². The first-order valence-electron chi connectivity index (χ1n) is 9.65. The maximum Gasteiger partial charge on any atom is 0.268 e. The first kappa shape index (κ1) is 19.1. The third kappa shape index (κ3) is 4.27. The van der Waals surface area contributed by atoms with Crippen LogP contribution in [0.15, 0.2) is 22.1 Å². The molecule has 2 aromatic rings. The Labute approximate surface area is 166 Å². The highest BCUT2D eigenvalue weighted by molar-refractivity contribution is 5.94. The summed E-state index contributed by atoms with van der Waals surface area (Å²) in [6.45, 7) is 3.63. The molecule has 0 aromatic carbocycles. The van der Waals surface area contributed by atoms with Crippen LogP contribution in [0.25, 0.3) is 6.08 Å². The van der Waals surface area contributed by atoms with Gasteiger partial charge in [-0.25, -0.2) is 0 Å². The number of nitrogens with one attached hydrogen (secondary N) is 3. The summed E-state index contributed by atoms with van der Waals surface area (Å²) in [6.07, 6.45) is 5.79. The highest BCUT2D eigenvalue weighted by Gasteiger charge is 2.15. The minimum absolute atomic E-state index is 0.0967. The van der Waals surface area contributed by atoms with Crippen molar-refractivity contribution in [2.24, 2.45) is 12.0 Å². The van der Waals surface area contributed by atoms with Crippen molar-refractivity contribution in [3.05, 3.63) is 39.0 Å². The Kier molecular flexibility index (Phi) is 5.26. The van der Waals surface area contributed by atoms with Gasteiger partial charge in [-0.3, -0.25) is 19.4 Å². The van der Waals surface area contributed by atoms with Crippen molar-refractivity contribution in [1.82, 2.24) is 24.8 Å². The molecule has 10 nitrogen and oxygen atoms in total. The van der Waals surface area contributed by atoms with Crippen LogP contribution in [-0.2, 0) is 11.8 Å². The molecule has 2 aliphatic rings. The molecule has 2 aromatic heterocycles. The summed E-state index contributed by atoms with van der Waals surface area (Å²) in [5.74, 6) is -0.344. The van der Waals surface area contributed by atoms with E-state index in [1.54, 1.807) is 23.9 Å². The zero-order chi connectivity index (χ0) is 20.4. The van der Waals surface area contributed by atoms with Crippen molar-refractivity contribution in [2.45, 2.75) is 19.3 Å². The van der Waals surface area contributed by atoms with E-state index in [9.17, 15) is 14.4 Å². The highest BCUT2D eigenvalue weighted by atomic mass is 16.2. The van der Waals surface area contributed by atoms with Crippen molar-refractivity contribution in [3.8, 4) is 0 Å². The largest absolute Gasteiger partial charge is 0.349 e. The Bertz CT molecular complexity index is 1130. The lowest BCUT2D eigenvalue weighted by molar-refractivity contribution is -0.117. The molecule has 2 amide bonds. The van der Waals surface area contributed by atoms with Gasteiger partial charge in [-0.1, -0.05) is 6.08 Å². The van der Waals surface area contributed by atoms with Gasteiger partial charge in [0.2, 0.25) is 5.95 Å². The molecule has 1 saturated heterocycles. The number of fused-ring (bicyclic) bond motifs is 1. The highest BCUT2D eigenvalue weighted by Crippen LogP contribution is 2.15. The molecule has 2 aliphatic heterocycles. The molecule has 3 N–H and O–H groups in total. The van der Waals surface area contributed by atoms with E-state index < -0.39 is 0 Å². The summed E-state index contributed by atoms with van der Waals surface area (Å²) in [4.78, 5) is 49.1. The molecule has 0 unspecified atom stereocenters. The molecule has 29 heavy (non-hydrogen) atoms. The third-order valence-corrected chi connectivity index (χ3v) is 5.06. The lowest BCUT2D eigenvalue weighted by Crippen LogP contribution is -2.45. The summed E-state index contributed by atoms with van der Waals surface area (Å²) in [6, 6.07) is 1.68. The summed E-state index contributed by atoms with van der Waals surface area (Å²) < 4.78 is 1.70. The predicted octanol–water partition coefficient (Wildman–Crippen LogP) is -0.992. The minimum Gasteiger partial charge on any atom is -0.349 e. The minimum atomic E-state index is -0.371. The van der Waals surface area contributed by atoms with Crippen LogP contribution >= 0.6 is 0 Å². The lowest BCUT2D eigenvalue weighted by Gasteiger charge is -2.14. The monoisotopic (exact) mass is 397 g/mol. The maximum absolute atomic E-state index is 12.5. The molecule has 0 saturated carbocycles. The van der Waals surface area contributed by atoms with Crippen molar-refractivity contribution < 1.29 is 9.59 Å². The second kappa shape index (κ2) is 8.00. The summed E-state index contributed by atoms with van der Waals surface area (Å²) >= 11 is 0. The number of hydrogen-bond acceptors (Lipinski definition) is 6. The van der Waals surface area contributed by atoms with Crippen LogP contribution in [0.3, 0.4) is 0 Å². The molecule has 0 bridgehead atoms. The number of aromatic nitrogens is 3. The fraction of sp³-hybridized carbons (Fsp3) is 0.421. The third-order valence-electron chi connectivity index (χ3n) is 5.06. The zero-order valence-corrected chi connectivity index (χ0v) is 16.2. The Morgan fingerprint density at radius 2 is 2.07 bits per heavy atom. The van der Waals surface area contributed by atoms with Gasteiger partial charge in [0.15, 0.2) is 5.49 Å². The molecule has 4 heterocycles. The molecule has 0 spiro atoms. The van der Waals surface area contributed by atoms with Crippen LogP contribution < -0.4 is 26.9 Å². The molecule has 152 valence electrons. The maximum atomic E-state index is 12.5. The van der Waals surface area contributed by atoms with Crippen LogP contribution in [-0.4, -0.2) is 57.4 Å². The van der Waals surface area contributed by atoms with Crippen LogP contribution in [0.5, 0.6) is 0 Å². The molecule has 10 heteroatoms. The quantitative estimate of drug-likeness (QED) is 0.575. The first-order valence-corrected chi connectivity index (χ1v) is 9.65. The average Bonchev–Trinajstić information content (AvgIpc) is 3.31. The molecular formula is C19H23N7O3. The van der Waals surface area contributed by atoms with Gasteiger partial charge in [-0.15, -0.1) is 0 Å². The normalized spacial score (nSPS) is 16.1. The average molecular weight is 397 g/mol. The van der Waals surface area contributed by atoms with Gasteiger partial charge in [0.1, 0.15) is 5.69 Å². The number of likely N-dealkylation sites (tertiary alicyclic amines) is 1. The van der Waals surface area contributed by atoms with Gasteiger partial charge in [-0.2, -0.15) is 9.98 Å². The topological polar surface area (TPSA) is 124 Å². The lowest BCUT2D eigenvalue weighted by atomic mass is 10.3. The summed E-state index contributed by atoms with van der Waals surface area (Å²) in [7, 11) is 1.77. The second-order valence-electron chi connectivity index (χ2n) is 7.22. The number of carbonyl (C=O) groups is 2. The number of nitrogens with zero attached hydrogens (tertiary/aromatic N) is 4. The Hall–Kier alpha value is -3.27. The van der Waals surface area contributed by atoms with Crippen molar-refractivity contribution in [2.75, 3.05) is 31.5 Å². The van der Waals surface area contributed by atoms with Gasteiger partial charge >= 0.3 is 0 Å². The van der Waals surface area contributed by atoms with Gasteiger partial charge in [0.05, 0.1) is 10.9 Å². The van der Waals surface area contributed by atoms with Crippen LogP contribution in [0.4, 0.5) is 11.6 Å². The van der Waals surface area contributed by atoms with Crippen molar-refractivity contribution in [1.29, 1.82) is 0 Å². The van der Waals surface area contributed by atoms with Crippen LogP contribution in [0.2, 0.25) is 0 Å². The van der Waals surface area contributed by atoms with Gasteiger partial charge in [0.25, 0.3) is 17.4 Å². The van der Waals surface area contributed by atoms with E-state index in [2.05, 4.69) is 30.5 Å². The zero-order valence-electron chi connectivity index (χ0n) is 16.2. The van der Waals surface area contributed by atoms with E-state index in [0.717, 1.165) is 19.6 Å². The summed E-state index contributed by atoms with van der Waals surface area (Å²) in [5, 5.41) is 6.20. The standard InChI is InChI=1S/C19H23N7O3/c1-25-11-12(10-14(25)18(29)20-6-9-26-7-2-3-8-26)21-19-23-16-13(17(28)24-19)4-5-15(27)22-16/h4,10-11H,2-3,5-9H2,1H3,(H,20,29)(H2,21,22,23,24,27,28). The van der Waals surface area contributed by atoms with E-state index in [-0.39, 0.29) is 35.2 Å². The molecular weight excluding hydrogens is 374 g/mol. The van der Waals surface area contributed by atoms with Gasteiger partial charge in [0, 0.05) is 32.8 Å². The molecule has 4 rings (SSSR count). The van der Waals surface area contributed by atoms with E-state index in [0.29, 0.717) is 23.1 Å². The van der Waals surface area contributed by atoms with Crippen molar-refractivity contribution >= 4 is 29.5 Å². The second-order valence-corrected chi connectivity index (χ2v) is 7.22. The van der Waals surface area contributed by atoms with Gasteiger partial charge < -0.3 is 20.1 Å². The molecule has 0 aliphatic carbocycles. The van der Waals surface area contributed by atoms with E-state index in [4.69, 9.17) is 0 Å². The number of rotatable bonds is 6. The molecule has 0 radical (unpaired) electrons. The first-order chi connectivity index (χ1) is 14.0. The fourth-order valence-corrected chi connectivity index (χ4v) is 3.57.